The monoisotopic (exact) mass is 564 g/mol. The number of likely N-dealkylation sites (tertiary alicyclic amines) is 1. The second-order valence-electron chi connectivity index (χ2n) is 10.4. The number of aryl methyl sites for hydroxylation is 1. The van der Waals surface area contributed by atoms with Crippen LogP contribution in [0.2, 0.25) is 0 Å². The molecule has 0 radical (unpaired) electrons. The van der Waals surface area contributed by atoms with Gasteiger partial charge in [-0.15, -0.1) is 0 Å². The smallest absolute Gasteiger partial charge is 0.369 e. The van der Waals surface area contributed by atoms with Crippen LogP contribution < -0.4 is 0 Å². The molecule has 1 spiro atoms. The molecule has 1 N–H and O–H groups in total. The van der Waals surface area contributed by atoms with Gasteiger partial charge in [-0.3, -0.25) is 4.90 Å². The van der Waals surface area contributed by atoms with Gasteiger partial charge in [0, 0.05) is 38.3 Å². The molecule has 12 heteroatoms. The van der Waals surface area contributed by atoms with Crippen LogP contribution >= 0.6 is 0 Å². The molecule has 2 aromatic carbocycles. The maximum Gasteiger partial charge on any atom is 0.430 e. The lowest BCUT2D eigenvalue weighted by Crippen LogP contribution is -2.60. The Kier molecular flexibility index (Phi) is 7.44. The van der Waals surface area contributed by atoms with Crippen LogP contribution in [0.15, 0.2) is 42.5 Å². The third kappa shape index (κ3) is 5.32. The second-order valence-corrected chi connectivity index (χ2v) is 12.4. The second kappa shape index (κ2) is 9.79. The van der Waals surface area contributed by atoms with Crippen molar-refractivity contribution in [3.8, 4) is 11.1 Å². The average Bonchev–Trinajstić information content (AvgIpc) is 2.81. The van der Waals surface area contributed by atoms with Gasteiger partial charge in [-0.05, 0) is 46.9 Å². The number of piperidine rings is 1. The summed E-state index contributed by atoms with van der Waals surface area (Å²) in [6.07, 6.45) is -8.38. The molecule has 38 heavy (non-hydrogen) atoms. The van der Waals surface area contributed by atoms with E-state index in [1.54, 1.807) is 0 Å². The fourth-order valence-corrected chi connectivity index (χ4v) is 6.43. The molecular formula is C26H30F6N2O3S. The van der Waals surface area contributed by atoms with E-state index >= 15 is 0 Å². The molecule has 2 saturated heterocycles. The first-order valence-corrected chi connectivity index (χ1v) is 14.1. The van der Waals surface area contributed by atoms with Gasteiger partial charge in [0.1, 0.15) is 0 Å². The van der Waals surface area contributed by atoms with E-state index in [9.17, 15) is 39.9 Å². The van der Waals surface area contributed by atoms with E-state index in [-0.39, 0.29) is 5.41 Å². The summed E-state index contributed by atoms with van der Waals surface area (Å²) < 4.78 is 104. The van der Waals surface area contributed by atoms with Crippen LogP contribution in [0, 0.1) is 5.41 Å². The molecule has 2 heterocycles. The van der Waals surface area contributed by atoms with Gasteiger partial charge in [0.25, 0.3) is 5.60 Å². The molecule has 0 unspecified atom stereocenters. The molecule has 4 rings (SSSR count). The number of aliphatic hydroxyl groups is 1. The number of hydrogen-bond donors (Lipinski definition) is 1. The first kappa shape index (κ1) is 28.8. The summed E-state index contributed by atoms with van der Waals surface area (Å²) in [6, 6.07) is 9.34. The van der Waals surface area contributed by atoms with Crippen molar-refractivity contribution >= 4 is 10.0 Å². The van der Waals surface area contributed by atoms with Crippen molar-refractivity contribution in [3.63, 3.8) is 0 Å². The number of benzene rings is 2. The number of nitrogens with zero attached hydrogens (tertiary/aromatic N) is 2. The minimum absolute atomic E-state index is 0.130. The normalized spacial score (nSPS) is 19.5. The lowest BCUT2D eigenvalue weighted by molar-refractivity contribution is -0.376. The molecule has 2 fully saturated rings. The summed E-state index contributed by atoms with van der Waals surface area (Å²) in [5.74, 6) is 0. The maximum absolute atomic E-state index is 13.2. The van der Waals surface area contributed by atoms with Crippen molar-refractivity contribution < 1.29 is 39.9 Å². The quantitative estimate of drug-likeness (QED) is 0.497. The first-order valence-electron chi connectivity index (χ1n) is 12.3. The third-order valence-corrected chi connectivity index (χ3v) is 9.06. The summed E-state index contributed by atoms with van der Waals surface area (Å²) in [7, 11) is -3.17. The standard InChI is InChI=1S/C26H30F6N2O3S/c1-3-19-14-18(15-33-16-23(17-33)10-12-34(13-11-23)38(2,36)37)4-9-22(19)20-5-7-21(8-6-20)24(35,25(27,28)29)26(30,31)32/h4-9,14,35H,3,10-13,15-17H2,1-2H3. The fourth-order valence-electron chi connectivity index (χ4n) is 5.58. The third-order valence-electron chi connectivity index (χ3n) is 7.76. The molecular weight excluding hydrogens is 534 g/mol. The Morgan fingerprint density at radius 1 is 0.921 bits per heavy atom. The highest BCUT2D eigenvalue weighted by Crippen LogP contribution is 2.50. The fraction of sp³-hybridized carbons (Fsp3) is 0.538. The average molecular weight is 565 g/mol. The van der Waals surface area contributed by atoms with E-state index in [1.807, 2.05) is 25.1 Å². The number of sulfonamides is 1. The van der Waals surface area contributed by atoms with Crippen molar-refractivity contribution in [2.24, 2.45) is 5.41 Å². The minimum atomic E-state index is -5.93. The molecule has 0 aliphatic carbocycles. The van der Waals surface area contributed by atoms with Gasteiger partial charge < -0.3 is 5.11 Å². The Morgan fingerprint density at radius 3 is 1.95 bits per heavy atom. The maximum atomic E-state index is 13.2. The van der Waals surface area contributed by atoms with Gasteiger partial charge in [-0.1, -0.05) is 49.4 Å². The summed E-state index contributed by atoms with van der Waals surface area (Å²) in [4.78, 5) is 2.29. The van der Waals surface area contributed by atoms with Gasteiger partial charge in [0.2, 0.25) is 10.0 Å². The van der Waals surface area contributed by atoms with Crippen LogP contribution in [-0.2, 0) is 28.6 Å². The van der Waals surface area contributed by atoms with Gasteiger partial charge in [0.15, 0.2) is 0 Å². The predicted molar refractivity (Wildman–Crippen MR) is 131 cm³/mol. The van der Waals surface area contributed by atoms with Gasteiger partial charge in [-0.2, -0.15) is 26.3 Å². The lowest BCUT2D eigenvalue weighted by Gasteiger charge is -2.54. The predicted octanol–water partition coefficient (Wildman–Crippen LogP) is 5.09. The zero-order valence-corrected chi connectivity index (χ0v) is 21.8. The number of hydrogen-bond acceptors (Lipinski definition) is 4. The highest BCUT2D eigenvalue weighted by molar-refractivity contribution is 7.88. The first-order chi connectivity index (χ1) is 17.5. The van der Waals surface area contributed by atoms with Gasteiger partial charge in [-0.25, -0.2) is 12.7 Å². The summed E-state index contributed by atoms with van der Waals surface area (Å²) in [5.41, 5.74) is -3.03. The van der Waals surface area contributed by atoms with Crippen LogP contribution in [-0.4, -0.2) is 67.5 Å². The Hall–Kier alpha value is -2.15. The zero-order chi connectivity index (χ0) is 28.1. The summed E-state index contributed by atoms with van der Waals surface area (Å²) in [6.45, 7) is 5.41. The van der Waals surface area contributed by atoms with E-state index < -0.39 is 33.5 Å². The van der Waals surface area contributed by atoms with Crippen LogP contribution in [0.5, 0.6) is 0 Å². The molecule has 0 saturated carbocycles. The van der Waals surface area contributed by atoms with Crippen LogP contribution in [0.3, 0.4) is 0 Å². The molecule has 2 aliphatic rings. The molecule has 0 aromatic heterocycles. The number of halogens is 6. The molecule has 5 nitrogen and oxygen atoms in total. The van der Waals surface area contributed by atoms with E-state index in [0.29, 0.717) is 49.3 Å². The molecule has 210 valence electrons. The Bertz CT molecular complexity index is 1250. The van der Waals surface area contributed by atoms with Gasteiger partial charge >= 0.3 is 12.4 Å². The highest BCUT2D eigenvalue weighted by atomic mass is 32.2. The van der Waals surface area contributed by atoms with Crippen LogP contribution in [0.25, 0.3) is 11.1 Å². The van der Waals surface area contributed by atoms with Crippen molar-refractivity contribution in [2.45, 2.75) is 50.7 Å². The lowest BCUT2D eigenvalue weighted by atomic mass is 9.72. The molecule has 0 bridgehead atoms. The SMILES string of the molecule is CCc1cc(CN2CC3(CCN(S(C)(=O)=O)CC3)C2)ccc1-c1ccc(C(O)(C(F)(F)F)C(F)(F)F)cc1. The highest BCUT2D eigenvalue weighted by Gasteiger charge is 2.71. The van der Waals surface area contributed by atoms with Crippen LogP contribution in [0.1, 0.15) is 36.5 Å². The van der Waals surface area contributed by atoms with E-state index in [2.05, 4.69) is 4.90 Å². The van der Waals surface area contributed by atoms with Crippen molar-refractivity contribution in [2.75, 3.05) is 32.4 Å². The molecule has 0 atom stereocenters. The van der Waals surface area contributed by atoms with Crippen LogP contribution in [0.4, 0.5) is 26.3 Å². The van der Waals surface area contributed by atoms with Crippen molar-refractivity contribution in [3.05, 3.63) is 59.2 Å². The number of alkyl halides is 6. The van der Waals surface area contributed by atoms with E-state index in [1.165, 1.54) is 10.6 Å². The summed E-state index contributed by atoms with van der Waals surface area (Å²) >= 11 is 0. The molecule has 2 aromatic rings. The topological polar surface area (TPSA) is 60.9 Å². The number of rotatable bonds is 6. The Balaban J connectivity index is 1.45. The Labute approximate surface area is 218 Å². The Morgan fingerprint density at radius 2 is 1.47 bits per heavy atom. The largest absolute Gasteiger partial charge is 0.430 e. The van der Waals surface area contributed by atoms with E-state index in [4.69, 9.17) is 0 Å². The van der Waals surface area contributed by atoms with Crippen molar-refractivity contribution in [1.82, 2.24) is 9.21 Å². The van der Waals surface area contributed by atoms with Gasteiger partial charge in [0.05, 0.1) is 6.26 Å². The van der Waals surface area contributed by atoms with Crippen molar-refractivity contribution in [1.29, 1.82) is 0 Å². The molecule has 2 aliphatic heterocycles. The molecule has 0 amide bonds. The minimum Gasteiger partial charge on any atom is -0.369 e. The zero-order valence-electron chi connectivity index (χ0n) is 21.0. The van der Waals surface area contributed by atoms with E-state index in [0.717, 1.165) is 49.2 Å². The summed E-state index contributed by atoms with van der Waals surface area (Å²) in [5, 5.41) is 9.62.